The van der Waals surface area contributed by atoms with Gasteiger partial charge in [-0.3, -0.25) is 0 Å². The number of fused-ring (bicyclic) bond motifs is 2. The van der Waals surface area contributed by atoms with E-state index in [0.717, 1.165) is 29.0 Å². The molecule has 3 rings (SSSR count). The molecule has 4 heteroatoms. The number of esters is 2. The topological polar surface area (TPSA) is 52.6 Å². The van der Waals surface area contributed by atoms with Crippen molar-refractivity contribution < 1.29 is 19.1 Å². The van der Waals surface area contributed by atoms with Gasteiger partial charge in [0.15, 0.2) is 0 Å². The van der Waals surface area contributed by atoms with Crippen molar-refractivity contribution in [3.8, 4) is 5.75 Å². The van der Waals surface area contributed by atoms with Crippen LogP contribution in [0.4, 0.5) is 0 Å². The Labute approximate surface area is 165 Å². The SMILES string of the molecule is C=CC(=O)OCCCC.C=CC(=O)Oc1cccc2cc3ccccc3cc12. The normalized spacial score (nSPS) is 9.89. The summed E-state index contributed by atoms with van der Waals surface area (Å²) in [5.41, 5.74) is 0. The van der Waals surface area contributed by atoms with Crippen LogP contribution in [0.25, 0.3) is 21.5 Å². The highest BCUT2D eigenvalue weighted by Crippen LogP contribution is 2.30. The number of hydrogen-bond donors (Lipinski definition) is 0. The van der Waals surface area contributed by atoms with Crippen LogP contribution in [0.15, 0.2) is 79.9 Å². The van der Waals surface area contributed by atoms with E-state index in [9.17, 15) is 9.59 Å². The van der Waals surface area contributed by atoms with Crippen LogP contribution >= 0.6 is 0 Å². The van der Waals surface area contributed by atoms with Gasteiger partial charge in [-0.2, -0.15) is 0 Å². The molecule has 3 aromatic rings. The predicted octanol–water partition coefficient (Wildman–Crippen LogP) is 5.60. The van der Waals surface area contributed by atoms with Crippen molar-refractivity contribution in [2.24, 2.45) is 0 Å². The Kier molecular flexibility index (Phi) is 7.97. The number of hydrogen-bond acceptors (Lipinski definition) is 4. The molecule has 0 aliphatic heterocycles. The van der Waals surface area contributed by atoms with E-state index in [1.165, 1.54) is 17.5 Å². The number of ether oxygens (including phenoxy) is 2. The summed E-state index contributed by atoms with van der Waals surface area (Å²) >= 11 is 0. The summed E-state index contributed by atoms with van der Waals surface area (Å²) in [5.74, 6) is -0.211. The van der Waals surface area contributed by atoms with Gasteiger partial charge in [0.1, 0.15) is 5.75 Å². The highest BCUT2D eigenvalue weighted by Gasteiger charge is 2.06. The van der Waals surface area contributed by atoms with E-state index < -0.39 is 5.97 Å². The molecule has 0 aliphatic carbocycles. The molecule has 0 fully saturated rings. The Morgan fingerprint density at radius 1 is 0.893 bits per heavy atom. The highest BCUT2D eigenvalue weighted by atomic mass is 16.5. The fourth-order valence-electron chi connectivity index (χ4n) is 2.55. The number of benzene rings is 3. The van der Waals surface area contributed by atoms with Crippen LogP contribution in [0, 0.1) is 0 Å². The third-order valence-corrected chi connectivity index (χ3v) is 3.99. The minimum Gasteiger partial charge on any atom is -0.463 e. The van der Waals surface area contributed by atoms with E-state index >= 15 is 0 Å². The molecule has 0 unspecified atom stereocenters. The molecule has 0 saturated heterocycles. The molecule has 0 radical (unpaired) electrons. The largest absolute Gasteiger partial charge is 0.463 e. The second kappa shape index (κ2) is 10.7. The molecule has 0 aromatic heterocycles. The maximum atomic E-state index is 11.3. The number of carbonyl (C=O) groups is 2. The molecule has 28 heavy (non-hydrogen) atoms. The molecule has 0 N–H and O–H groups in total. The zero-order chi connectivity index (χ0) is 20.4. The first-order valence-corrected chi connectivity index (χ1v) is 9.14. The van der Waals surface area contributed by atoms with Crippen LogP contribution in [-0.4, -0.2) is 18.5 Å². The zero-order valence-electron chi connectivity index (χ0n) is 16.0. The summed E-state index contributed by atoms with van der Waals surface area (Å²) < 4.78 is 9.94. The average Bonchev–Trinajstić information content (AvgIpc) is 2.73. The van der Waals surface area contributed by atoms with Gasteiger partial charge in [0.2, 0.25) is 0 Å². The molecular formula is C24H24O4. The molecule has 4 nitrogen and oxygen atoms in total. The monoisotopic (exact) mass is 376 g/mol. The summed E-state index contributed by atoms with van der Waals surface area (Å²) in [6, 6.07) is 17.9. The Bertz CT molecular complexity index is 988. The van der Waals surface area contributed by atoms with E-state index in [1.807, 2.05) is 43.3 Å². The van der Waals surface area contributed by atoms with E-state index in [-0.39, 0.29) is 5.97 Å². The van der Waals surface area contributed by atoms with Crippen molar-refractivity contribution in [1.82, 2.24) is 0 Å². The van der Waals surface area contributed by atoms with Crippen molar-refractivity contribution in [2.45, 2.75) is 19.8 Å². The highest BCUT2D eigenvalue weighted by molar-refractivity contribution is 6.01. The van der Waals surface area contributed by atoms with Crippen molar-refractivity contribution >= 4 is 33.5 Å². The van der Waals surface area contributed by atoms with Crippen molar-refractivity contribution in [3.05, 3.63) is 79.9 Å². The van der Waals surface area contributed by atoms with Gasteiger partial charge in [0, 0.05) is 17.5 Å². The molecule has 144 valence electrons. The maximum absolute atomic E-state index is 11.3. The third-order valence-electron chi connectivity index (χ3n) is 3.99. The van der Waals surface area contributed by atoms with Gasteiger partial charge in [-0.05, 0) is 40.8 Å². The first kappa shape index (κ1) is 20.9. The summed E-state index contributed by atoms with van der Waals surface area (Å²) in [4.78, 5) is 21.7. The van der Waals surface area contributed by atoms with Crippen LogP contribution in [0.5, 0.6) is 5.75 Å². The predicted molar refractivity (Wildman–Crippen MR) is 113 cm³/mol. The third kappa shape index (κ3) is 5.81. The zero-order valence-corrected chi connectivity index (χ0v) is 16.0. The summed E-state index contributed by atoms with van der Waals surface area (Å²) in [6.07, 6.45) is 4.32. The van der Waals surface area contributed by atoms with Gasteiger partial charge in [-0.25, -0.2) is 9.59 Å². The van der Waals surface area contributed by atoms with Crippen LogP contribution < -0.4 is 4.74 Å². The molecule has 0 amide bonds. The summed E-state index contributed by atoms with van der Waals surface area (Å²) in [7, 11) is 0. The smallest absolute Gasteiger partial charge is 0.335 e. The fraction of sp³-hybridized carbons (Fsp3) is 0.167. The Morgan fingerprint density at radius 2 is 1.54 bits per heavy atom. The van der Waals surface area contributed by atoms with Gasteiger partial charge in [0.05, 0.1) is 6.61 Å². The van der Waals surface area contributed by atoms with E-state index in [0.29, 0.717) is 12.4 Å². The number of rotatable bonds is 6. The average molecular weight is 376 g/mol. The van der Waals surface area contributed by atoms with Crippen LogP contribution in [0.3, 0.4) is 0 Å². The van der Waals surface area contributed by atoms with E-state index in [4.69, 9.17) is 4.74 Å². The van der Waals surface area contributed by atoms with Crippen molar-refractivity contribution in [1.29, 1.82) is 0 Å². The lowest BCUT2D eigenvalue weighted by atomic mass is 10.0. The van der Waals surface area contributed by atoms with Gasteiger partial charge in [-0.1, -0.05) is 62.9 Å². The second-order valence-corrected chi connectivity index (χ2v) is 6.03. The van der Waals surface area contributed by atoms with E-state index in [2.05, 4.69) is 30.0 Å². The summed E-state index contributed by atoms with van der Waals surface area (Å²) in [5, 5.41) is 4.27. The Balaban J connectivity index is 0.000000266. The molecule has 0 spiro atoms. The second-order valence-electron chi connectivity index (χ2n) is 6.03. The number of carbonyl (C=O) groups excluding carboxylic acids is 2. The molecule has 0 bridgehead atoms. The Morgan fingerprint density at radius 3 is 2.18 bits per heavy atom. The van der Waals surface area contributed by atoms with Crippen LogP contribution in [0.1, 0.15) is 19.8 Å². The van der Waals surface area contributed by atoms with Crippen LogP contribution in [0.2, 0.25) is 0 Å². The van der Waals surface area contributed by atoms with Gasteiger partial charge < -0.3 is 9.47 Å². The van der Waals surface area contributed by atoms with Crippen molar-refractivity contribution in [2.75, 3.05) is 6.61 Å². The lowest BCUT2D eigenvalue weighted by Gasteiger charge is -2.07. The molecule has 0 heterocycles. The first-order chi connectivity index (χ1) is 13.6. The molecule has 0 saturated carbocycles. The van der Waals surface area contributed by atoms with Gasteiger partial charge in [0.25, 0.3) is 0 Å². The quantitative estimate of drug-likeness (QED) is 0.185. The Hall–Kier alpha value is -3.40. The molecule has 3 aromatic carbocycles. The van der Waals surface area contributed by atoms with Gasteiger partial charge >= 0.3 is 11.9 Å². The van der Waals surface area contributed by atoms with E-state index in [1.54, 1.807) is 6.07 Å². The lowest BCUT2D eigenvalue weighted by molar-refractivity contribution is -0.137. The minimum absolute atomic E-state index is 0.330. The molecular weight excluding hydrogens is 352 g/mol. The standard InChI is InChI=1S/C17H12O2.C7H12O2/c1-2-17(18)19-16-9-5-8-14-10-12-6-3-4-7-13(12)11-15(14)16;1-3-5-6-9-7(8)4-2/h2-11H,1H2;4H,2-3,5-6H2,1H3. The lowest BCUT2D eigenvalue weighted by Crippen LogP contribution is -2.03. The number of unbranched alkanes of at least 4 members (excludes halogenated alkanes) is 1. The molecule has 0 atom stereocenters. The van der Waals surface area contributed by atoms with Gasteiger partial charge in [-0.15, -0.1) is 0 Å². The minimum atomic E-state index is -0.444. The fourth-order valence-corrected chi connectivity index (χ4v) is 2.55. The van der Waals surface area contributed by atoms with Crippen LogP contribution in [-0.2, 0) is 14.3 Å². The van der Waals surface area contributed by atoms with Crippen molar-refractivity contribution in [3.63, 3.8) is 0 Å². The maximum Gasteiger partial charge on any atom is 0.335 e. The summed E-state index contributed by atoms with van der Waals surface area (Å²) in [6.45, 7) is 9.24. The molecule has 0 aliphatic rings. The first-order valence-electron chi connectivity index (χ1n) is 9.14.